The lowest BCUT2D eigenvalue weighted by atomic mass is 10.2. The molecule has 0 bridgehead atoms. The van der Waals surface area contributed by atoms with Gasteiger partial charge in [0.1, 0.15) is 0 Å². The molecule has 5 nitrogen and oxygen atoms in total. The smallest absolute Gasteiger partial charge is 0.291 e. The molecule has 0 aliphatic heterocycles. The lowest BCUT2D eigenvalue weighted by Gasteiger charge is -2.07. The van der Waals surface area contributed by atoms with Gasteiger partial charge in [-0.05, 0) is 55.3 Å². The van der Waals surface area contributed by atoms with Gasteiger partial charge in [-0.2, -0.15) is 0 Å². The highest BCUT2D eigenvalue weighted by Crippen LogP contribution is 2.25. The third kappa shape index (κ3) is 4.64. The molecule has 1 heterocycles. The fourth-order valence-electron chi connectivity index (χ4n) is 2.72. The summed E-state index contributed by atoms with van der Waals surface area (Å²) in [6, 6.07) is 19.0. The Morgan fingerprint density at radius 1 is 0.964 bits per heavy atom. The van der Waals surface area contributed by atoms with Crippen LogP contribution in [0.25, 0.3) is 0 Å². The highest BCUT2D eigenvalue weighted by Gasteiger charge is 2.23. The Bertz CT molecular complexity index is 963. The van der Waals surface area contributed by atoms with Crippen LogP contribution in [0.15, 0.2) is 76.2 Å². The molecule has 2 N–H and O–H groups in total. The van der Waals surface area contributed by atoms with Crippen molar-refractivity contribution in [1.29, 1.82) is 0 Å². The molecule has 0 saturated heterocycles. The number of furan rings is 1. The molecule has 4 rings (SSSR count). The first kappa shape index (κ1) is 18.4. The van der Waals surface area contributed by atoms with E-state index in [2.05, 4.69) is 10.6 Å². The first-order chi connectivity index (χ1) is 13.7. The maximum atomic E-state index is 12.6. The van der Waals surface area contributed by atoms with Crippen molar-refractivity contribution in [2.24, 2.45) is 0 Å². The Morgan fingerprint density at radius 2 is 1.71 bits per heavy atom. The van der Waals surface area contributed by atoms with Crippen LogP contribution in [0.5, 0.6) is 0 Å². The molecule has 3 aromatic rings. The molecule has 1 aliphatic carbocycles. The topological polar surface area (TPSA) is 71.3 Å². The lowest BCUT2D eigenvalue weighted by molar-refractivity contribution is 0.0950. The Balaban J connectivity index is 1.37. The van der Waals surface area contributed by atoms with E-state index in [0.29, 0.717) is 28.8 Å². The molecule has 2 aromatic carbocycles. The molecule has 1 fully saturated rings. The minimum absolute atomic E-state index is 0.0772. The first-order valence-electron chi connectivity index (χ1n) is 9.15. The maximum absolute atomic E-state index is 12.6. The molecule has 1 aliphatic rings. The molecule has 28 heavy (non-hydrogen) atoms. The summed E-state index contributed by atoms with van der Waals surface area (Å²) in [7, 11) is 0. The minimum Gasteiger partial charge on any atom is -0.459 e. The van der Waals surface area contributed by atoms with E-state index < -0.39 is 0 Å². The number of carbonyl (C=O) groups is 2. The third-order valence-corrected chi connectivity index (χ3v) is 5.47. The second-order valence-corrected chi connectivity index (χ2v) is 7.70. The van der Waals surface area contributed by atoms with Gasteiger partial charge in [0.25, 0.3) is 11.8 Å². The van der Waals surface area contributed by atoms with Crippen LogP contribution in [0.3, 0.4) is 0 Å². The number of nitrogens with one attached hydrogen (secondary N) is 2. The van der Waals surface area contributed by atoms with E-state index >= 15 is 0 Å². The molecule has 1 aromatic heterocycles. The van der Waals surface area contributed by atoms with Gasteiger partial charge < -0.3 is 15.1 Å². The van der Waals surface area contributed by atoms with Gasteiger partial charge >= 0.3 is 0 Å². The van der Waals surface area contributed by atoms with Crippen LogP contribution in [-0.2, 0) is 5.75 Å². The summed E-state index contributed by atoms with van der Waals surface area (Å²) in [4.78, 5) is 25.8. The fourth-order valence-corrected chi connectivity index (χ4v) is 3.61. The van der Waals surface area contributed by atoms with E-state index in [1.54, 1.807) is 36.0 Å². The quantitative estimate of drug-likeness (QED) is 0.571. The van der Waals surface area contributed by atoms with Crippen molar-refractivity contribution in [3.05, 3.63) is 83.8 Å². The van der Waals surface area contributed by atoms with E-state index in [0.717, 1.165) is 23.3 Å². The fraction of sp³-hybridized carbons (Fsp3) is 0.182. The van der Waals surface area contributed by atoms with Crippen LogP contribution in [0.4, 0.5) is 5.69 Å². The highest BCUT2D eigenvalue weighted by atomic mass is 32.2. The second-order valence-electron chi connectivity index (χ2n) is 6.66. The number of benzene rings is 2. The van der Waals surface area contributed by atoms with Gasteiger partial charge in [0.2, 0.25) is 0 Å². The molecule has 6 heteroatoms. The van der Waals surface area contributed by atoms with Crippen LogP contribution >= 0.6 is 11.8 Å². The van der Waals surface area contributed by atoms with E-state index in [1.807, 2.05) is 36.4 Å². The molecular formula is C22H20N2O3S. The van der Waals surface area contributed by atoms with Gasteiger partial charge in [0.15, 0.2) is 5.76 Å². The number of carbonyl (C=O) groups excluding carboxylic acids is 2. The number of hydrogen-bond donors (Lipinski definition) is 2. The van der Waals surface area contributed by atoms with Gasteiger partial charge in [-0.1, -0.05) is 18.2 Å². The van der Waals surface area contributed by atoms with Gasteiger partial charge in [-0.3, -0.25) is 9.59 Å². The highest BCUT2D eigenvalue weighted by molar-refractivity contribution is 7.98. The van der Waals surface area contributed by atoms with Crippen molar-refractivity contribution in [2.75, 3.05) is 5.32 Å². The average molecular weight is 392 g/mol. The van der Waals surface area contributed by atoms with E-state index in [4.69, 9.17) is 4.42 Å². The average Bonchev–Trinajstić information content (AvgIpc) is 3.40. The van der Waals surface area contributed by atoms with Crippen LogP contribution in [0.2, 0.25) is 0 Å². The molecule has 0 radical (unpaired) electrons. The van der Waals surface area contributed by atoms with E-state index in [-0.39, 0.29) is 11.8 Å². The zero-order chi connectivity index (χ0) is 19.3. The standard InChI is InChI=1S/C22H20N2O3S/c25-21(23-18-10-11-18)15-6-8-17(9-7-15)24-22(26)20-16(12-13-27-20)14-28-19-4-2-1-3-5-19/h1-9,12-13,18H,10-11,14H2,(H,23,25)(H,24,26). The molecule has 142 valence electrons. The van der Waals surface area contributed by atoms with Crippen LogP contribution in [0.1, 0.15) is 39.3 Å². The zero-order valence-corrected chi connectivity index (χ0v) is 16.0. The summed E-state index contributed by atoms with van der Waals surface area (Å²) in [5.74, 6) is 0.568. The van der Waals surface area contributed by atoms with Crippen molar-refractivity contribution >= 4 is 29.3 Å². The number of hydrogen-bond acceptors (Lipinski definition) is 4. The normalized spacial score (nSPS) is 13.1. The number of amides is 2. The van der Waals surface area contributed by atoms with Gasteiger partial charge in [-0.15, -0.1) is 11.8 Å². The number of thioether (sulfide) groups is 1. The Kier molecular flexibility index (Phi) is 5.48. The van der Waals surface area contributed by atoms with E-state index in [9.17, 15) is 9.59 Å². The Labute approximate surface area is 167 Å². The number of anilines is 1. The minimum atomic E-state index is -0.302. The maximum Gasteiger partial charge on any atom is 0.291 e. The number of rotatable bonds is 7. The van der Waals surface area contributed by atoms with Crippen LogP contribution in [-0.4, -0.2) is 17.9 Å². The Hall–Kier alpha value is -2.99. The summed E-state index contributed by atoms with van der Waals surface area (Å²) >= 11 is 1.65. The molecule has 1 saturated carbocycles. The molecule has 2 amide bonds. The molecule has 0 unspecified atom stereocenters. The summed E-state index contributed by atoms with van der Waals surface area (Å²) in [6.45, 7) is 0. The molecule has 0 atom stereocenters. The summed E-state index contributed by atoms with van der Waals surface area (Å²) < 4.78 is 5.41. The van der Waals surface area contributed by atoms with Crippen molar-refractivity contribution in [2.45, 2.75) is 29.5 Å². The van der Waals surface area contributed by atoms with Gasteiger partial charge in [0.05, 0.1) is 6.26 Å². The largest absolute Gasteiger partial charge is 0.459 e. The van der Waals surface area contributed by atoms with E-state index in [1.165, 1.54) is 6.26 Å². The van der Waals surface area contributed by atoms with Gasteiger partial charge in [0, 0.05) is 33.5 Å². The van der Waals surface area contributed by atoms with Gasteiger partial charge in [-0.25, -0.2) is 0 Å². The molecular weight excluding hydrogens is 372 g/mol. The summed E-state index contributed by atoms with van der Waals surface area (Å²) in [5.41, 5.74) is 2.04. The van der Waals surface area contributed by atoms with Crippen molar-refractivity contribution in [1.82, 2.24) is 5.32 Å². The Morgan fingerprint density at radius 3 is 2.43 bits per heavy atom. The predicted octanol–water partition coefficient (Wildman–Crippen LogP) is 4.72. The summed E-state index contributed by atoms with van der Waals surface area (Å²) in [5, 5.41) is 5.77. The van der Waals surface area contributed by atoms with Crippen molar-refractivity contribution in [3.63, 3.8) is 0 Å². The van der Waals surface area contributed by atoms with Crippen LogP contribution < -0.4 is 10.6 Å². The molecule has 0 spiro atoms. The zero-order valence-electron chi connectivity index (χ0n) is 15.2. The monoisotopic (exact) mass is 392 g/mol. The summed E-state index contributed by atoms with van der Waals surface area (Å²) in [6.07, 6.45) is 3.63. The third-order valence-electron chi connectivity index (χ3n) is 4.41. The predicted molar refractivity (Wildman–Crippen MR) is 110 cm³/mol. The van der Waals surface area contributed by atoms with Crippen LogP contribution in [0, 0.1) is 0 Å². The lowest BCUT2D eigenvalue weighted by Crippen LogP contribution is -2.25. The van der Waals surface area contributed by atoms with Crippen molar-refractivity contribution in [3.8, 4) is 0 Å². The first-order valence-corrected chi connectivity index (χ1v) is 10.1. The van der Waals surface area contributed by atoms with Crippen molar-refractivity contribution < 1.29 is 14.0 Å². The SMILES string of the molecule is O=C(NC1CC1)c1ccc(NC(=O)c2occc2CSc2ccccc2)cc1. The second kappa shape index (κ2) is 8.35.